The normalized spacial score (nSPS) is 15.2. The van der Waals surface area contributed by atoms with E-state index in [0.29, 0.717) is 18.6 Å². The second-order valence-electron chi connectivity index (χ2n) is 9.02. The summed E-state index contributed by atoms with van der Waals surface area (Å²) in [6.07, 6.45) is 5.01. The third-order valence-corrected chi connectivity index (χ3v) is 7.80. The van der Waals surface area contributed by atoms with Gasteiger partial charge in [-0.2, -0.15) is 0 Å². The largest absolute Gasteiger partial charge is 0.457 e. The average molecular weight is 469 g/mol. The van der Waals surface area contributed by atoms with Crippen molar-refractivity contribution in [1.82, 2.24) is 9.55 Å². The van der Waals surface area contributed by atoms with Crippen LogP contribution in [0.5, 0.6) is 0 Å². The number of fused-ring (bicyclic) bond motifs is 1. The van der Waals surface area contributed by atoms with Gasteiger partial charge in [0.15, 0.2) is 6.61 Å². The molecule has 176 valence electrons. The van der Waals surface area contributed by atoms with Crippen LogP contribution in [0.3, 0.4) is 0 Å². The third-order valence-electron chi connectivity index (χ3n) is 6.76. The maximum Gasteiger partial charge on any atom is 0.312 e. The minimum Gasteiger partial charge on any atom is -0.457 e. The molecule has 0 amide bonds. The Hall–Kier alpha value is -2.51. The third kappa shape index (κ3) is 5.04. The minimum atomic E-state index is -0.578. The number of thiazole rings is 1. The lowest BCUT2D eigenvalue weighted by atomic mass is 9.83. The van der Waals surface area contributed by atoms with Gasteiger partial charge in [-0.15, -0.1) is 11.3 Å². The molecule has 0 N–H and O–H groups in total. The molecule has 0 spiro atoms. The van der Waals surface area contributed by atoms with Gasteiger partial charge in [-0.1, -0.05) is 25.0 Å². The van der Waals surface area contributed by atoms with Crippen LogP contribution in [0.2, 0.25) is 0 Å². The lowest BCUT2D eigenvalue weighted by molar-refractivity contribution is -0.154. The molecular weight excluding hydrogens is 436 g/mol. The number of carbonyl (C=O) groups is 2. The highest BCUT2D eigenvalue weighted by atomic mass is 32.1. The molecule has 1 aliphatic rings. The molecule has 1 aliphatic carbocycles. The SMILES string of the molecule is COCCCn1c(C)cc(C(=O)COC(=O)C2(Cc3nc4ccccc4s3)CCCC2)c1C. The van der Waals surface area contributed by atoms with Gasteiger partial charge in [0.2, 0.25) is 5.78 Å². The fraction of sp³-hybridized carbons (Fsp3) is 0.500. The number of esters is 1. The predicted octanol–water partition coefficient (Wildman–Crippen LogP) is 5.28. The summed E-state index contributed by atoms with van der Waals surface area (Å²) in [5.41, 5.74) is 2.96. The number of nitrogens with zero attached hydrogens (tertiary/aromatic N) is 2. The zero-order valence-corrected chi connectivity index (χ0v) is 20.5. The molecule has 0 unspecified atom stereocenters. The van der Waals surface area contributed by atoms with Crippen LogP contribution in [-0.2, 0) is 27.2 Å². The fourth-order valence-corrected chi connectivity index (χ4v) is 6.06. The van der Waals surface area contributed by atoms with E-state index in [1.54, 1.807) is 18.4 Å². The van der Waals surface area contributed by atoms with Crippen LogP contribution in [0.15, 0.2) is 30.3 Å². The van der Waals surface area contributed by atoms with Crippen molar-refractivity contribution in [3.05, 3.63) is 52.3 Å². The molecule has 4 rings (SSSR count). The highest BCUT2D eigenvalue weighted by molar-refractivity contribution is 7.18. The quantitative estimate of drug-likeness (QED) is 0.230. The molecule has 0 atom stereocenters. The summed E-state index contributed by atoms with van der Waals surface area (Å²) in [7, 11) is 1.69. The van der Waals surface area contributed by atoms with Gasteiger partial charge in [0.05, 0.1) is 20.6 Å². The Labute approximate surface area is 198 Å². The topological polar surface area (TPSA) is 70.4 Å². The molecule has 6 nitrogen and oxygen atoms in total. The fourth-order valence-electron chi connectivity index (χ4n) is 4.95. The molecular formula is C26H32N2O4S. The van der Waals surface area contributed by atoms with E-state index in [1.807, 2.05) is 38.1 Å². The van der Waals surface area contributed by atoms with E-state index in [4.69, 9.17) is 14.5 Å². The number of hydrogen-bond acceptors (Lipinski definition) is 6. The van der Waals surface area contributed by atoms with Gasteiger partial charge >= 0.3 is 5.97 Å². The summed E-state index contributed by atoms with van der Waals surface area (Å²) in [6, 6.07) is 9.93. The lowest BCUT2D eigenvalue weighted by Crippen LogP contribution is -2.33. The van der Waals surface area contributed by atoms with E-state index < -0.39 is 5.41 Å². The van der Waals surface area contributed by atoms with Gasteiger partial charge < -0.3 is 14.0 Å². The van der Waals surface area contributed by atoms with E-state index in [1.165, 1.54) is 0 Å². The summed E-state index contributed by atoms with van der Waals surface area (Å²) in [6.45, 7) is 5.19. The van der Waals surface area contributed by atoms with Crippen LogP contribution in [-0.4, -0.2) is 41.6 Å². The summed E-state index contributed by atoms with van der Waals surface area (Å²) in [5, 5.41) is 0.959. The number of hydrogen-bond donors (Lipinski definition) is 0. The average Bonchev–Trinajstić information content (AvgIpc) is 3.51. The maximum absolute atomic E-state index is 13.2. The molecule has 0 aliphatic heterocycles. The van der Waals surface area contributed by atoms with Crippen LogP contribution >= 0.6 is 11.3 Å². The molecule has 3 aromatic rings. The van der Waals surface area contributed by atoms with Crippen molar-refractivity contribution < 1.29 is 19.1 Å². The molecule has 1 aromatic carbocycles. The molecule has 0 saturated heterocycles. The molecule has 0 radical (unpaired) electrons. The number of methoxy groups -OCH3 is 1. The van der Waals surface area contributed by atoms with Crippen LogP contribution in [0.25, 0.3) is 10.2 Å². The highest BCUT2D eigenvalue weighted by Gasteiger charge is 2.43. The van der Waals surface area contributed by atoms with Crippen molar-refractivity contribution >= 4 is 33.3 Å². The number of rotatable bonds is 10. The Morgan fingerprint density at radius 1 is 1.18 bits per heavy atom. The highest BCUT2D eigenvalue weighted by Crippen LogP contribution is 2.43. The van der Waals surface area contributed by atoms with E-state index in [2.05, 4.69) is 10.6 Å². The summed E-state index contributed by atoms with van der Waals surface area (Å²) >= 11 is 1.64. The smallest absolute Gasteiger partial charge is 0.312 e. The molecule has 2 aromatic heterocycles. The number of ether oxygens (including phenoxy) is 2. The second kappa shape index (κ2) is 10.2. The Balaban J connectivity index is 1.43. The Morgan fingerprint density at radius 3 is 2.67 bits per heavy atom. The first-order valence-electron chi connectivity index (χ1n) is 11.6. The first kappa shape index (κ1) is 23.6. The van der Waals surface area contributed by atoms with Gasteiger partial charge in [0, 0.05) is 43.6 Å². The monoisotopic (exact) mass is 468 g/mol. The van der Waals surface area contributed by atoms with Gasteiger partial charge in [0.1, 0.15) is 0 Å². The van der Waals surface area contributed by atoms with Crippen molar-refractivity contribution in [1.29, 1.82) is 0 Å². The van der Waals surface area contributed by atoms with Crippen LogP contribution in [0, 0.1) is 19.3 Å². The van der Waals surface area contributed by atoms with Crippen LogP contribution in [0.4, 0.5) is 0 Å². The van der Waals surface area contributed by atoms with E-state index in [0.717, 1.165) is 65.3 Å². The molecule has 7 heteroatoms. The van der Waals surface area contributed by atoms with Gasteiger partial charge in [-0.3, -0.25) is 9.59 Å². The number of carbonyl (C=O) groups excluding carboxylic acids is 2. The standard InChI is InChI=1S/C26H32N2O4S/c1-18-15-20(19(2)28(18)13-8-14-31-3)22(29)17-32-25(30)26(11-6-7-12-26)16-24-27-21-9-4-5-10-23(21)33-24/h4-5,9-10,15H,6-8,11-14,16-17H2,1-3H3. The summed E-state index contributed by atoms with van der Waals surface area (Å²) in [4.78, 5) is 30.9. The van der Waals surface area contributed by atoms with E-state index >= 15 is 0 Å². The zero-order chi connectivity index (χ0) is 23.4. The minimum absolute atomic E-state index is 0.150. The molecule has 1 fully saturated rings. The number of benzene rings is 1. The number of Topliss-reactive ketones (excluding diaryl/α,β-unsaturated/α-hetero) is 1. The number of aryl methyl sites for hydroxylation is 1. The van der Waals surface area contributed by atoms with Crippen molar-refractivity contribution in [2.24, 2.45) is 5.41 Å². The lowest BCUT2D eigenvalue weighted by Gasteiger charge is -2.25. The van der Waals surface area contributed by atoms with Crippen LogP contribution < -0.4 is 0 Å². The van der Waals surface area contributed by atoms with Gasteiger partial charge in [0.25, 0.3) is 0 Å². The van der Waals surface area contributed by atoms with Crippen LogP contribution in [0.1, 0.15) is 58.9 Å². The van der Waals surface area contributed by atoms with Gasteiger partial charge in [-0.25, -0.2) is 4.98 Å². The van der Waals surface area contributed by atoms with Crippen molar-refractivity contribution in [3.8, 4) is 0 Å². The molecule has 33 heavy (non-hydrogen) atoms. The van der Waals surface area contributed by atoms with Gasteiger partial charge in [-0.05, 0) is 51.3 Å². The molecule has 1 saturated carbocycles. The zero-order valence-electron chi connectivity index (χ0n) is 19.7. The van der Waals surface area contributed by atoms with E-state index in [9.17, 15) is 9.59 Å². The summed E-state index contributed by atoms with van der Waals surface area (Å²) in [5.74, 6) is -0.413. The predicted molar refractivity (Wildman–Crippen MR) is 130 cm³/mol. The molecule has 0 bridgehead atoms. The Morgan fingerprint density at radius 2 is 1.94 bits per heavy atom. The summed E-state index contributed by atoms with van der Waals surface area (Å²) < 4.78 is 14.0. The maximum atomic E-state index is 13.2. The Kier molecular flexibility index (Phi) is 7.29. The number of ketones is 1. The first-order chi connectivity index (χ1) is 15.9. The van der Waals surface area contributed by atoms with Crippen molar-refractivity contribution in [2.45, 2.75) is 58.9 Å². The Bertz CT molecular complexity index is 1110. The number of para-hydroxylation sites is 1. The second-order valence-corrected chi connectivity index (χ2v) is 10.1. The van der Waals surface area contributed by atoms with Crippen molar-refractivity contribution in [2.75, 3.05) is 20.3 Å². The molecule has 2 heterocycles. The van der Waals surface area contributed by atoms with E-state index in [-0.39, 0.29) is 18.4 Å². The van der Waals surface area contributed by atoms with Crippen molar-refractivity contribution in [3.63, 3.8) is 0 Å². The first-order valence-corrected chi connectivity index (χ1v) is 12.5. The number of aromatic nitrogens is 2.